The molecule has 2 aromatic rings. The van der Waals surface area contributed by atoms with E-state index in [4.69, 9.17) is 0 Å². The quantitative estimate of drug-likeness (QED) is 0.907. The van der Waals surface area contributed by atoms with Gasteiger partial charge >= 0.3 is 0 Å². The Kier molecular flexibility index (Phi) is 3.28. The zero-order valence-corrected chi connectivity index (χ0v) is 11.4. The molecule has 0 aromatic heterocycles. The Hall–Kier alpha value is -2.13. The predicted octanol–water partition coefficient (Wildman–Crippen LogP) is 2.40. The first-order valence-electron chi connectivity index (χ1n) is 6.78. The maximum absolute atomic E-state index is 12.0. The molecule has 1 atom stereocenters. The number of hydrogen-bond acceptors (Lipinski definition) is 2. The molecule has 1 N–H and O–H groups in total. The number of likely N-dealkylation sites (N-methyl/N-ethyl adjacent to an activating group) is 1. The topological polar surface area (TPSA) is 40.5 Å². The Labute approximate surface area is 118 Å². The Morgan fingerprint density at radius 1 is 1.10 bits per heavy atom. The van der Waals surface area contributed by atoms with Gasteiger partial charge in [-0.1, -0.05) is 42.5 Å². The Balaban J connectivity index is 1.95. The Bertz CT molecular complexity index is 637. The molecule has 1 heterocycles. The van der Waals surface area contributed by atoms with Crippen LogP contribution in [0, 0.1) is 0 Å². The van der Waals surface area contributed by atoms with Crippen molar-refractivity contribution in [2.45, 2.75) is 12.5 Å². The van der Waals surface area contributed by atoms with Crippen LogP contribution in [0.25, 0.3) is 0 Å². The van der Waals surface area contributed by atoms with Crippen molar-refractivity contribution in [3.8, 4) is 0 Å². The molecule has 0 fully saturated rings. The molecule has 0 saturated carbocycles. The summed E-state index contributed by atoms with van der Waals surface area (Å²) in [4.78, 5) is 13.8. The molecule has 20 heavy (non-hydrogen) atoms. The first-order chi connectivity index (χ1) is 9.66. The summed E-state index contributed by atoms with van der Waals surface area (Å²) < 4.78 is 0. The van der Waals surface area contributed by atoms with Gasteiger partial charge < -0.3 is 10.0 Å². The second kappa shape index (κ2) is 5.10. The smallest absolute Gasteiger partial charge is 0.253 e. The highest BCUT2D eigenvalue weighted by Crippen LogP contribution is 2.26. The molecule has 1 amide bonds. The average molecular weight is 267 g/mol. The van der Waals surface area contributed by atoms with Crippen molar-refractivity contribution in [2.75, 3.05) is 13.6 Å². The number of amides is 1. The Morgan fingerprint density at radius 3 is 2.60 bits per heavy atom. The van der Waals surface area contributed by atoms with Crippen LogP contribution in [0.15, 0.2) is 48.5 Å². The van der Waals surface area contributed by atoms with Gasteiger partial charge in [0.05, 0.1) is 0 Å². The number of aliphatic hydroxyl groups excluding tert-OH is 1. The molecule has 0 saturated heterocycles. The lowest BCUT2D eigenvalue weighted by atomic mass is 9.93. The maximum atomic E-state index is 12.0. The van der Waals surface area contributed by atoms with Gasteiger partial charge in [-0.2, -0.15) is 0 Å². The van der Waals surface area contributed by atoms with Crippen LogP contribution in [0.3, 0.4) is 0 Å². The minimum absolute atomic E-state index is 0.0620. The average Bonchev–Trinajstić information content (AvgIpc) is 2.51. The highest BCUT2D eigenvalue weighted by Gasteiger charge is 2.22. The summed E-state index contributed by atoms with van der Waals surface area (Å²) in [6.07, 6.45) is 0.198. The number of fused-ring (bicyclic) bond motifs is 1. The maximum Gasteiger partial charge on any atom is 0.253 e. The van der Waals surface area contributed by atoms with Crippen LogP contribution in [0.2, 0.25) is 0 Å². The zero-order chi connectivity index (χ0) is 14.1. The van der Waals surface area contributed by atoms with Gasteiger partial charge in [-0.15, -0.1) is 0 Å². The van der Waals surface area contributed by atoms with Gasteiger partial charge in [-0.25, -0.2) is 0 Å². The van der Waals surface area contributed by atoms with Crippen molar-refractivity contribution < 1.29 is 9.90 Å². The van der Waals surface area contributed by atoms with Gasteiger partial charge in [-0.3, -0.25) is 4.79 Å². The van der Waals surface area contributed by atoms with E-state index in [0.717, 1.165) is 35.2 Å². The lowest BCUT2D eigenvalue weighted by molar-refractivity contribution is 0.0780. The summed E-state index contributed by atoms with van der Waals surface area (Å²) in [5.74, 6) is 0.0620. The van der Waals surface area contributed by atoms with Gasteiger partial charge in [0.2, 0.25) is 0 Å². The fourth-order valence-corrected chi connectivity index (χ4v) is 2.62. The van der Waals surface area contributed by atoms with Crippen molar-refractivity contribution in [1.29, 1.82) is 0 Å². The van der Waals surface area contributed by atoms with Gasteiger partial charge in [0.1, 0.15) is 6.10 Å². The number of hydrogen-bond donors (Lipinski definition) is 1. The van der Waals surface area contributed by atoms with Crippen LogP contribution in [-0.4, -0.2) is 29.5 Å². The molecule has 0 unspecified atom stereocenters. The summed E-state index contributed by atoms with van der Waals surface area (Å²) in [5.41, 5.74) is 3.49. The van der Waals surface area contributed by atoms with E-state index in [2.05, 4.69) is 0 Å². The predicted molar refractivity (Wildman–Crippen MR) is 77.6 cm³/mol. The molecule has 0 spiro atoms. The first kappa shape index (κ1) is 12.9. The SMILES string of the molecule is CN1CCc2cc([C@@H](O)c3ccccc3)ccc2C1=O. The summed E-state index contributed by atoms with van der Waals surface area (Å²) in [6.45, 7) is 0.733. The molecule has 1 aliphatic rings. The minimum atomic E-state index is -0.642. The van der Waals surface area contributed by atoms with E-state index in [0.29, 0.717) is 0 Å². The van der Waals surface area contributed by atoms with Gasteiger partial charge in [0.15, 0.2) is 0 Å². The van der Waals surface area contributed by atoms with Crippen LogP contribution in [0.1, 0.15) is 33.2 Å². The molecule has 3 rings (SSSR count). The second-order valence-corrected chi connectivity index (χ2v) is 5.21. The van der Waals surface area contributed by atoms with Crippen molar-refractivity contribution in [2.24, 2.45) is 0 Å². The summed E-state index contributed by atoms with van der Waals surface area (Å²) in [7, 11) is 1.82. The van der Waals surface area contributed by atoms with Crippen molar-refractivity contribution >= 4 is 5.91 Å². The molecule has 0 aliphatic carbocycles. The van der Waals surface area contributed by atoms with E-state index in [1.807, 2.05) is 55.6 Å². The third-order valence-corrected chi connectivity index (χ3v) is 3.85. The number of nitrogens with zero attached hydrogens (tertiary/aromatic N) is 1. The monoisotopic (exact) mass is 267 g/mol. The van der Waals surface area contributed by atoms with Gasteiger partial charge in [0, 0.05) is 19.2 Å². The number of rotatable bonds is 2. The molecule has 3 heteroatoms. The van der Waals surface area contributed by atoms with Crippen molar-refractivity contribution in [3.05, 3.63) is 70.8 Å². The largest absolute Gasteiger partial charge is 0.384 e. The highest BCUT2D eigenvalue weighted by atomic mass is 16.3. The summed E-state index contributed by atoms with van der Waals surface area (Å²) in [6, 6.07) is 15.2. The van der Waals surface area contributed by atoms with Crippen molar-refractivity contribution in [1.82, 2.24) is 4.90 Å². The molecule has 102 valence electrons. The lowest BCUT2D eigenvalue weighted by Gasteiger charge is -2.25. The second-order valence-electron chi connectivity index (χ2n) is 5.21. The van der Waals surface area contributed by atoms with Crippen LogP contribution in [0.4, 0.5) is 0 Å². The minimum Gasteiger partial charge on any atom is -0.384 e. The summed E-state index contributed by atoms with van der Waals surface area (Å²) in [5, 5.41) is 10.4. The van der Waals surface area contributed by atoms with Crippen LogP contribution >= 0.6 is 0 Å². The molecule has 1 aliphatic heterocycles. The number of aliphatic hydroxyl groups is 1. The van der Waals surface area contributed by atoms with E-state index in [1.165, 1.54) is 0 Å². The number of carbonyl (C=O) groups excluding carboxylic acids is 1. The first-order valence-corrected chi connectivity index (χ1v) is 6.78. The number of carbonyl (C=O) groups is 1. The zero-order valence-electron chi connectivity index (χ0n) is 11.4. The molecule has 0 bridgehead atoms. The van der Waals surface area contributed by atoms with Gasteiger partial charge in [0.25, 0.3) is 5.91 Å². The third kappa shape index (κ3) is 2.21. The number of benzene rings is 2. The lowest BCUT2D eigenvalue weighted by Crippen LogP contribution is -2.34. The van der Waals surface area contributed by atoms with Gasteiger partial charge in [-0.05, 0) is 29.2 Å². The fourth-order valence-electron chi connectivity index (χ4n) is 2.62. The molecular weight excluding hydrogens is 250 g/mol. The fraction of sp³-hybridized carbons (Fsp3) is 0.235. The van der Waals surface area contributed by atoms with E-state index in [1.54, 1.807) is 4.90 Å². The van der Waals surface area contributed by atoms with E-state index in [-0.39, 0.29) is 5.91 Å². The molecular formula is C17H17NO2. The summed E-state index contributed by atoms with van der Waals surface area (Å²) >= 11 is 0. The molecule has 0 radical (unpaired) electrons. The third-order valence-electron chi connectivity index (χ3n) is 3.85. The van der Waals surface area contributed by atoms with Crippen molar-refractivity contribution in [3.63, 3.8) is 0 Å². The molecule has 2 aromatic carbocycles. The highest BCUT2D eigenvalue weighted by molar-refractivity contribution is 5.96. The van der Waals surface area contributed by atoms with E-state index >= 15 is 0 Å². The van der Waals surface area contributed by atoms with E-state index < -0.39 is 6.10 Å². The van der Waals surface area contributed by atoms with Crippen LogP contribution in [-0.2, 0) is 6.42 Å². The van der Waals surface area contributed by atoms with Crippen LogP contribution < -0.4 is 0 Å². The van der Waals surface area contributed by atoms with Crippen LogP contribution in [0.5, 0.6) is 0 Å². The molecule has 3 nitrogen and oxygen atoms in total. The Morgan fingerprint density at radius 2 is 1.85 bits per heavy atom. The normalized spacial score (nSPS) is 15.9. The van der Waals surface area contributed by atoms with E-state index in [9.17, 15) is 9.90 Å². The standard InChI is InChI=1S/C17H17NO2/c1-18-10-9-13-11-14(7-8-15(13)17(18)20)16(19)12-5-3-2-4-6-12/h2-8,11,16,19H,9-10H2,1H3/t16-/m0/s1.